The van der Waals surface area contributed by atoms with Crippen molar-refractivity contribution in [2.45, 2.75) is 13.0 Å². The van der Waals surface area contributed by atoms with Gasteiger partial charge >= 0.3 is 0 Å². The van der Waals surface area contributed by atoms with Crippen LogP contribution in [-0.4, -0.2) is 39.4 Å². The lowest BCUT2D eigenvalue weighted by molar-refractivity contribution is -0.120. The van der Waals surface area contributed by atoms with Crippen LogP contribution in [0, 0.1) is 11.3 Å². The fourth-order valence-corrected chi connectivity index (χ4v) is 2.55. The summed E-state index contributed by atoms with van der Waals surface area (Å²) in [7, 11) is 1.79. The second-order valence-electron chi connectivity index (χ2n) is 5.68. The Labute approximate surface area is 144 Å². The number of anilines is 1. The number of nitrogens with one attached hydrogen (secondary N) is 2. The molecule has 0 saturated heterocycles. The van der Waals surface area contributed by atoms with E-state index in [-0.39, 0.29) is 18.5 Å². The number of amides is 1. The molecule has 3 aromatic rings. The molecule has 1 amide bonds. The van der Waals surface area contributed by atoms with Gasteiger partial charge in [-0.15, -0.1) is 0 Å². The molecule has 0 aliphatic carbocycles. The quantitative estimate of drug-likeness (QED) is 0.732. The number of likely N-dealkylation sites (N-methyl/N-ethyl adjacent to an activating group) is 1. The van der Waals surface area contributed by atoms with Gasteiger partial charge in [-0.2, -0.15) is 5.26 Å². The highest BCUT2D eigenvalue weighted by Gasteiger charge is 2.15. The summed E-state index contributed by atoms with van der Waals surface area (Å²) in [5, 5.41) is 11.8. The van der Waals surface area contributed by atoms with Gasteiger partial charge in [-0.3, -0.25) is 4.79 Å². The minimum Gasteiger partial charge on any atom is -0.348 e. The van der Waals surface area contributed by atoms with Crippen LogP contribution in [0.5, 0.6) is 0 Å². The predicted octanol–water partition coefficient (Wildman–Crippen LogP) is 1.54. The van der Waals surface area contributed by atoms with E-state index >= 15 is 0 Å². The molecule has 0 aliphatic rings. The molecule has 2 N–H and O–H groups in total. The fraction of sp³-hybridized carbons (Fsp3) is 0.235. The van der Waals surface area contributed by atoms with Crippen LogP contribution in [0.4, 0.5) is 5.82 Å². The lowest BCUT2D eigenvalue weighted by Crippen LogP contribution is -2.37. The number of benzene rings is 1. The van der Waals surface area contributed by atoms with Crippen molar-refractivity contribution >= 4 is 22.9 Å². The number of carbonyl (C=O) groups is 1. The van der Waals surface area contributed by atoms with Crippen LogP contribution in [-0.2, 0) is 4.79 Å². The zero-order chi connectivity index (χ0) is 17.8. The van der Waals surface area contributed by atoms with E-state index in [0.717, 1.165) is 5.56 Å². The number of hydrogen-bond donors (Lipinski definition) is 2. The molecule has 0 bridgehead atoms. The standard InChI is InChI=1S/C17H17N7O/c1-11(13-5-3-12(7-18)4-6-13)23-14(25)8-24(2)17-15-16(20-9-19-15)21-10-22-17/h3-6,9-11H,8H2,1-2H3,(H,23,25)(H,19,20,21,22)/t11-/m1/s1. The number of H-pyrrole nitrogens is 1. The van der Waals surface area contributed by atoms with Crippen LogP contribution in [0.15, 0.2) is 36.9 Å². The normalized spacial score (nSPS) is 11.7. The maximum absolute atomic E-state index is 12.3. The smallest absolute Gasteiger partial charge is 0.240 e. The van der Waals surface area contributed by atoms with Gasteiger partial charge in [0.15, 0.2) is 11.5 Å². The van der Waals surface area contributed by atoms with E-state index in [1.54, 1.807) is 30.4 Å². The van der Waals surface area contributed by atoms with E-state index in [4.69, 9.17) is 5.26 Å². The van der Waals surface area contributed by atoms with Gasteiger partial charge in [0.05, 0.1) is 30.5 Å². The molecular formula is C17H17N7O. The SMILES string of the molecule is C[C@@H](NC(=O)CN(C)c1ncnc2nc[nH]c12)c1ccc(C#N)cc1. The van der Waals surface area contributed by atoms with Crippen molar-refractivity contribution in [2.75, 3.05) is 18.5 Å². The lowest BCUT2D eigenvalue weighted by Gasteiger charge is -2.20. The van der Waals surface area contributed by atoms with Gasteiger partial charge in [0.2, 0.25) is 5.91 Å². The van der Waals surface area contributed by atoms with Crippen LogP contribution in [0.1, 0.15) is 24.1 Å². The van der Waals surface area contributed by atoms with Crippen molar-refractivity contribution in [1.29, 1.82) is 5.26 Å². The average Bonchev–Trinajstić information content (AvgIpc) is 3.10. The highest BCUT2D eigenvalue weighted by molar-refractivity contribution is 5.87. The number of fused-ring (bicyclic) bond motifs is 1. The number of carbonyl (C=O) groups excluding carboxylic acids is 1. The van der Waals surface area contributed by atoms with Crippen molar-refractivity contribution in [3.8, 4) is 6.07 Å². The molecule has 3 rings (SSSR count). The van der Waals surface area contributed by atoms with Crippen LogP contribution in [0.3, 0.4) is 0 Å². The Morgan fingerprint density at radius 3 is 2.80 bits per heavy atom. The maximum atomic E-state index is 12.3. The van der Waals surface area contributed by atoms with Crippen LogP contribution >= 0.6 is 0 Å². The molecule has 8 nitrogen and oxygen atoms in total. The number of rotatable bonds is 5. The van der Waals surface area contributed by atoms with Crippen molar-refractivity contribution < 1.29 is 4.79 Å². The Kier molecular flexibility index (Phi) is 4.57. The van der Waals surface area contributed by atoms with Gasteiger partial charge in [0.25, 0.3) is 0 Å². The van der Waals surface area contributed by atoms with Crippen molar-refractivity contribution in [3.63, 3.8) is 0 Å². The summed E-state index contributed by atoms with van der Waals surface area (Å²) < 4.78 is 0. The Hall–Kier alpha value is -3.47. The third kappa shape index (κ3) is 3.55. The molecular weight excluding hydrogens is 318 g/mol. The van der Waals surface area contributed by atoms with E-state index in [1.165, 1.54) is 6.33 Å². The summed E-state index contributed by atoms with van der Waals surface area (Å²) in [4.78, 5) is 29.4. The van der Waals surface area contributed by atoms with Gasteiger partial charge in [-0.1, -0.05) is 12.1 Å². The van der Waals surface area contributed by atoms with Crippen LogP contribution in [0.25, 0.3) is 11.2 Å². The Bertz CT molecular complexity index is 926. The lowest BCUT2D eigenvalue weighted by atomic mass is 10.1. The van der Waals surface area contributed by atoms with Crippen molar-refractivity contribution in [2.24, 2.45) is 0 Å². The molecule has 0 fully saturated rings. The maximum Gasteiger partial charge on any atom is 0.240 e. The molecule has 25 heavy (non-hydrogen) atoms. The van der Waals surface area contributed by atoms with Gasteiger partial charge < -0.3 is 15.2 Å². The number of nitriles is 1. The first kappa shape index (κ1) is 16.4. The molecule has 2 aromatic heterocycles. The summed E-state index contributed by atoms with van der Waals surface area (Å²) in [6.07, 6.45) is 2.97. The minimum absolute atomic E-state index is 0.134. The third-order valence-corrected chi connectivity index (χ3v) is 3.86. The number of aromatic amines is 1. The Balaban J connectivity index is 1.65. The van der Waals surface area contributed by atoms with Gasteiger partial charge in [0, 0.05) is 7.05 Å². The Morgan fingerprint density at radius 2 is 2.08 bits per heavy atom. The van der Waals surface area contributed by atoms with E-state index in [0.29, 0.717) is 22.5 Å². The molecule has 0 saturated carbocycles. The third-order valence-electron chi connectivity index (χ3n) is 3.86. The molecule has 0 radical (unpaired) electrons. The van der Waals surface area contributed by atoms with Gasteiger partial charge in [0.1, 0.15) is 11.8 Å². The van der Waals surface area contributed by atoms with E-state index in [9.17, 15) is 4.79 Å². The molecule has 1 atom stereocenters. The zero-order valence-corrected chi connectivity index (χ0v) is 13.9. The van der Waals surface area contributed by atoms with E-state index in [1.807, 2.05) is 19.1 Å². The fourth-order valence-electron chi connectivity index (χ4n) is 2.55. The van der Waals surface area contributed by atoms with E-state index < -0.39 is 0 Å². The zero-order valence-electron chi connectivity index (χ0n) is 13.9. The molecule has 126 valence electrons. The molecule has 8 heteroatoms. The highest BCUT2D eigenvalue weighted by atomic mass is 16.2. The molecule has 1 aromatic carbocycles. The first-order chi connectivity index (χ1) is 12.1. The molecule has 2 heterocycles. The topological polar surface area (TPSA) is 111 Å². The second-order valence-corrected chi connectivity index (χ2v) is 5.68. The van der Waals surface area contributed by atoms with Crippen LogP contribution in [0.2, 0.25) is 0 Å². The predicted molar refractivity (Wildman–Crippen MR) is 92.7 cm³/mol. The minimum atomic E-state index is -0.161. The number of imidazole rings is 1. The number of hydrogen-bond acceptors (Lipinski definition) is 6. The second kappa shape index (κ2) is 6.97. The largest absolute Gasteiger partial charge is 0.348 e. The van der Waals surface area contributed by atoms with Gasteiger partial charge in [-0.25, -0.2) is 15.0 Å². The summed E-state index contributed by atoms with van der Waals surface area (Å²) in [5.41, 5.74) is 2.78. The first-order valence-corrected chi connectivity index (χ1v) is 7.73. The number of aromatic nitrogens is 4. The highest BCUT2D eigenvalue weighted by Crippen LogP contribution is 2.18. The molecule has 0 aliphatic heterocycles. The molecule has 0 unspecified atom stereocenters. The van der Waals surface area contributed by atoms with Crippen molar-refractivity contribution in [1.82, 2.24) is 25.3 Å². The summed E-state index contributed by atoms with van der Waals surface area (Å²) in [6, 6.07) is 9.07. The van der Waals surface area contributed by atoms with Gasteiger partial charge in [-0.05, 0) is 24.6 Å². The van der Waals surface area contributed by atoms with Crippen molar-refractivity contribution in [3.05, 3.63) is 48.0 Å². The summed E-state index contributed by atoms with van der Waals surface area (Å²) >= 11 is 0. The van der Waals surface area contributed by atoms with E-state index in [2.05, 4.69) is 31.3 Å². The Morgan fingerprint density at radius 1 is 1.32 bits per heavy atom. The first-order valence-electron chi connectivity index (χ1n) is 7.73. The average molecular weight is 335 g/mol. The summed E-state index contributed by atoms with van der Waals surface area (Å²) in [6.45, 7) is 2.04. The molecule has 0 spiro atoms. The number of nitrogens with zero attached hydrogens (tertiary/aromatic N) is 5. The van der Waals surface area contributed by atoms with Crippen LogP contribution < -0.4 is 10.2 Å². The monoisotopic (exact) mass is 335 g/mol. The summed E-state index contributed by atoms with van der Waals surface area (Å²) in [5.74, 6) is 0.481.